The van der Waals surface area contributed by atoms with Crippen LogP contribution < -0.4 is 10.6 Å². The summed E-state index contributed by atoms with van der Waals surface area (Å²) in [4.78, 5) is 32.7. The van der Waals surface area contributed by atoms with Crippen molar-refractivity contribution in [3.8, 4) is 0 Å². The van der Waals surface area contributed by atoms with Crippen LogP contribution in [0.25, 0.3) is 0 Å². The molecule has 0 bridgehead atoms. The van der Waals surface area contributed by atoms with Crippen LogP contribution in [0.15, 0.2) is 30.9 Å². The molecule has 0 atom stereocenters. The van der Waals surface area contributed by atoms with Gasteiger partial charge in [0.25, 0.3) is 0 Å². The normalized spacial score (nSPS) is 9.38. The second-order valence-electron chi connectivity index (χ2n) is 3.92. The summed E-state index contributed by atoms with van der Waals surface area (Å²) in [7, 11) is 0. The second kappa shape index (κ2) is 8.36. The Kier molecular flexibility index (Phi) is 6.46. The average molecular weight is 292 g/mol. The Morgan fingerprint density at radius 3 is 2.67 bits per heavy atom. The van der Waals surface area contributed by atoms with Crippen molar-refractivity contribution in [1.82, 2.24) is 0 Å². The van der Waals surface area contributed by atoms with Crippen LogP contribution >= 0.6 is 0 Å². The first-order chi connectivity index (χ1) is 10.1. The van der Waals surface area contributed by atoms with Crippen LogP contribution in [-0.4, -0.2) is 31.7 Å². The van der Waals surface area contributed by atoms with Gasteiger partial charge in [0.2, 0.25) is 6.41 Å². The number of carbonyl (C=O) groups is 3. The molecule has 1 aromatic carbocycles. The zero-order chi connectivity index (χ0) is 15.7. The van der Waals surface area contributed by atoms with Crippen molar-refractivity contribution in [2.75, 3.05) is 23.8 Å². The molecule has 7 heteroatoms. The van der Waals surface area contributed by atoms with E-state index < -0.39 is 12.1 Å². The molecule has 0 aliphatic heterocycles. The highest BCUT2D eigenvalue weighted by Crippen LogP contribution is 2.20. The third-order valence-electron chi connectivity index (χ3n) is 2.43. The van der Waals surface area contributed by atoms with Crippen LogP contribution in [0.2, 0.25) is 0 Å². The molecule has 0 heterocycles. The minimum atomic E-state index is -0.684. The largest absolute Gasteiger partial charge is 0.459 e. The molecule has 7 nitrogen and oxygen atoms in total. The molecule has 0 saturated heterocycles. The summed E-state index contributed by atoms with van der Waals surface area (Å²) in [6, 6.07) is 5.05. The van der Waals surface area contributed by atoms with E-state index in [1.54, 1.807) is 25.1 Å². The number of hydrogen-bond acceptors (Lipinski definition) is 5. The van der Waals surface area contributed by atoms with Gasteiger partial charge in [0, 0.05) is 17.5 Å². The number of nitrogens with one attached hydrogen (secondary N) is 2. The van der Waals surface area contributed by atoms with Crippen LogP contribution in [0.3, 0.4) is 0 Å². The molecule has 0 aromatic heterocycles. The Morgan fingerprint density at radius 2 is 2.00 bits per heavy atom. The van der Waals surface area contributed by atoms with Gasteiger partial charge in [-0.25, -0.2) is 9.59 Å². The van der Waals surface area contributed by atoms with Crippen LogP contribution in [0, 0.1) is 6.92 Å². The number of anilines is 2. The van der Waals surface area contributed by atoms with Crippen LogP contribution in [0.4, 0.5) is 16.2 Å². The number of amides is 2. The molecule has 2 amide bonds. The first-order valence-corrected chi connectivity index (χ1v) is 6.10. The Balaban J connectivity index is 2.47. The highest BCUT2D eigenvalue weighted by Gasteiger charge is 2.07. The summed E-state index contributed by atoms with van der Waals surface area (Å²) in [5, 5.41) is 5.01. The molecule has 2 N–H and O–H groups in total. The molecule has 0 aliphatic rings. The van der Waals surface area contributed by atoms with Crippen LogP contribution in [0.1, 0.15) is 5.56 Å². The van der Waals surface area contributed by atoms with Crippen LogP contribution in [0.5, 0.6) is 0 Å². The van der Waals surface area contributed by atoms with Gasteiger partial charge in [-0.3, -0.25) is 10.1 Å². The molecule has 0 spiro atoms. The lowest BCUT2D eigenvalue weighted by Gasteiger charge is -2.10. The molecule has 0 fully saturated rings. The second-order valence-corrected chi connectivity index (χ2v) is 3.92. The van der Waals surface area contributed by atoms with Gasteiger partial charge in [0.05, 0.1) is 0 Å². The van der Waals surface area contributed by atoms with Gasteiger partial charge in [-0.05, 0) is 24.6 Å². The van der Waals surface area contributed by atoms with E-state index in [0.29, 0.717) is 17.8 Å². The number of benzene rings is 1. The SMILES string of the molecule is C=CC(=O)OCCOC(=O)Nc1cc(NC=O)ccc1C. The summed E-state index contributed by atoms with van der Waals surface area (Å²) >= 11 is 0. The van der Waals surface area contributed by atoms with Gasteiger partial charge in [-0.15, -0.1) is 0 Å². The number of ether oxygens (including phenoxy) is 2. The molecular weight excluding hydrogens is 276 g/mol. The Bertz CT molecular complexity index is 542. The van der Waals surface area contributed by atoms with E-state index in [-0.39, 0.29) is 13.2 Å². The quantitative estimate of drug-likeness (QED) is 0.346. The maximum atomic E-state index is 11.6. The smallest absolute Gasteiger partial charge is 0.411 e. The fourth-order valence-corrected chi connectivity index (χ4v) is 1.40. The van der Waals surface area contributed by atoms with Crippen molar-refractivity contribution in [3.05, 3.63) is 36.4 Å². The van der Waals surface area contributed by atoms with Crippen molar-refractivity contribution in [3.63, 3.8) is 0 Å². The number of rotatable bonds is 7. The first-order valence-electron chi connectivity index (χ1n) is 6.10. The minimum absolute atomic E-state index is 0.0516. The van der Waals surface area contributed by atoms with Crippen molar-refractivity contribution in [2.24, 2.45) is 0 Å². The molecular formula is C14H16N2O5. The highest BCUT2D eigenvalue weighted by molar-refractivity contribution is 5.87. The fraction of sp³-hybridized carbons (Fsp3) is 0.214. The number of carbonyl (C=O) groups excluding carboxylic acids is 3. The highest BCUT2D eigenvalue weighted by atomic mass is 16.6. The Morgan fingerprint density at radius 1 is 1.29 bits per heavy atom. The van der Waals surface area contributed by atoms with Crippen molar-refractivity contribution in [2.45, 2.75) is 6.92 Å². The zero-order valence-electron chi connectivity index (χ0n) is 11.5. The van der Waals surface area contributed by atoms with Gasteiger partial charge < -0.3 is 14.8 Å². The predicted molar refractivity (Wildman–Crippen MR) is 77.0 cm³/mol. The molecule has 1 rings (SSSR count). The van der Waals surface area contributed by atoms with Crippen LogP contribution in [-0.2, 0) is 19.1 Å². The number of aryl methyl sites for hydroxylation is 1. The Labute approximate surface area is 121 Å². The molecule has 21 heavy (non-hydrogen) atoms. The van der Waals surface area contributed by atoms with E-state index in [1.807, 2.05) is 0 Å². The lowest BCUT2D eigenvalue weighted by atomic mass is 10.2. The first kappa shape index (κ1) is 16.2. The predicted octanol–water partition coefficient (Wildman–Crippen LogP) is 1.84. The van der Waals surface area contributed by atoms with Crippen molar-refractivity contribution < 1.29 is 23.9 Å². The summed E-state index contributed by atoms with van der Waals surface area (Å²) in [6.07, 6.45) is 0.881. The molecule has 1 aromatic rings. The van der Waals surface area contributed by atoms with Gasteiger partial charge in [-0.1, -0.05) is 12.6 Å². The number of hydrogen-bond donors (Lipinski definition) is 2. The van der Waals surface area contributed by atoms with E-state index in [9.17, 15) is 14.4 Å². The third-order valence-corrected chi connectivity index (χ3v) is 2.43. The van der Waals surface area contributed by atoms with Gasteiger partial charge >= 0.3 is 12.1 Å². The maximum Gasteiger partial charge on any atom is 0.411 e. The zero-order valence-corrected chi connectivity index (χ0v) is 11.5. The van der Waals surface area contributed by atoms with E-state index >= 15 is 0 Å². The lowest BCUT2D eigenvalue weighted by molar-refractivity contribution is -0.138. The van der Waals surface area contributed by atoms with E-state index in [2.05, 4.69) is 21.9 Å². The van der Waals surface area contributed by atoms with E-state index in [0.717, 1.165) is 11.6 Å². The van der Waals surface area contributed by atoms with Gasteiger partial charge in [-0.2, -0.15) is 0 Å². The monoisotopic (exact) mass is 292 g/mol. The summed E-state index contributed by atoms with van der Waals surface area (Å²) in [5.41, 5.74) is 1.86. The van der Waals surface area contributed by atoms with Crippen molar-refractivity contribution in [1.29, 1.82) is 0 Å². The van der Waals surface area contributed by atoms with Gasteiger partial charge in [0.1, 0.15) is 13.2 Å². The van der Waals surface area contributed by atoms with Crippen molar-refractivity contribution >= 4 is 29.8 Å². The fourth-order valence-electron chi connectivity index (χ4n) is 1.40. The molecule has 0 radical (unpaired) electrons. The summed E-state index contributed by atoms with van der Waals surface area (Å²) in [5.74, 6) is -0.581. The average Bonchev–Trinajstić information content (AvgIpc) is 2.47. The molecule has 0 aliphatic carbocycles. The molecule has 0 saturated carbocycles. The standard InChI is InChI=1S/C14H16N2O5/c1-3-13(18)20-6-7-21-14(19)16-12-8-11(15-9-17)5-4-10(12)2/h3-5,8-9H,1,6-7H2,2H3,(H,15,17)(H,16,19). The molecule has 0 unspecified atom stereocenters. The summed E-state index contributed by atoms with van der Waals surface area (Å²) < 4.78 is 9.50. The maximum absolute atomic E-state index is 11.6. The van der Waals surface area contributed by atoms with E-state index in [4.69, 9.17) is 4.74 Å². The summed E-state index contributed by atoms with van der Waals surface area (Å²) in [6.45, 7) is 4.91. The lowest BCUT2D eigenvalue weighted by Crippen LogP contribution is -2.18. The minimum Gasteiger partial charge on any atom is -0.459 e. The third kappa shape index (κ3) is 5.77. The van der Waals surface area contributed by atoms with E-state index in [1.165, 1.54) is 0 Å². The topological polar surface area (TPSA) is 93.7 Å². The Hall–Kier alpha value is -2.83. The number of esters is 1. The van der Waals surface area contributed by atoms with Gasteiger partial charge in [0.15, 0.2) is 0 Å². The molecule has 112 valence electrons.